The van der Waals surface area contributed by atoms with Gasteiger partial charge in [-0.25, -0.2) is 4.99 Å². The molecule has 2 atom stereocenters. The number of amides is 1. The summed E-state index contributed by atoms with van der Waals surface area (Å²) in [6.07, 6.45) is 1.44. The standard InChI is InChI=1S/C17H21N3O2/c1-9(2)11-6-5-7-13-14(11)12(8-19-13)10(3)15-16(21)20-17(18-4)22-15/h5-10,15,19H,1-4H3,(H,18,20,21). The molecule has 2 aromatic rings. The Morgan fingerprint density at radius 3 is 2.64 bits per heavy atom. The Morgan fingerprint density at radius 1 is 1.23 bits per heavy atom. The van der Waals surface area contributed by atoms with Crippen molar-refractivity contribution < 1.29 is 9.53 Å². The molecule has 0 aliphatic carbocycles. The number of nitrogens with zero attached hydrogens (tertiary/aromatic N) is 1. The highest BCUT2D eigenvalue weighted by Gasteiger charge is 2.37. The summed E-state index contributed by atoms with van der Waals surface area (Å²) in [5.41, 5.74) is 3.48. The minimum absolute atomic E-state index is 0.0621. The summed E-state index contributed by atoms with van der Waals surface area (Å²) in [6.45, 7) is 6.37. The predicted octanol–water partition coefficient (Wildman–Crippen LogP) is 2.90. The smallest absolute Gasteiger partial charge is 0.292 e. The third-order valence-electron chi connectivity index (χ3n) is 4.27. The quantitative estimate of drug-likeness (QED) is 0.915. The molecule has 22 heavy (non-hydrogen) atoms. The number of aliphatic imine (C=N–C) groups is 1. The first-order valence-corrected chi connectivity index (χ1v) is 7.57. The first-order valence-electron chi connectivity index (χ1n) is 7.57. The number of hydrogen-bond acceptors (Lipinski definition) is 3. The van der Waals surface area contributed by atoms with Crippen LogP contribution >= 0.6 is 0 Å². The molecule has 116 valence electrons. The minimum atomic E-state index is -0.544. The average Bonchev–Trinajstić information content (AvgIpc) is 3.09. The van der Waals surface area contributed by atoms with Gasteiger partial charge in [-0.3, -0.25) is 10.1 Å². The van der Waals surface area contributed by atoms with E-state index in [1.165, 1.54) is 10.9 Å². The van der Waals surface area contributed by atoms with Gasteiger partial charge < -0.3 is 9.72 Å². The van der Waals surface area contributed by atoms with E-state index >= 15 is 0 Å². The second-order valence-electron chi connectivity index (χ2n) is 6.01. The van der Waals surface area contributed by atoms with E-state index in [2.05, 4.69) is 47.3 Å². The zero-order chi connectivity index (χ0) is 15.9. The number of aromatic amines is 1. The van der Waals surface area contributed by atoms with Gasteiger partial charge in [-0.2, -0.15) is 0 Å². The molecule has 1 amide bonds. The van der Waals surface area contributed by atoms with Gasteiger partial charge in [0.25, 0.3) is 11.9 Å². The highest BCUT2D eigenvalue weighted by atomic mass is 16.5. The van der Waals surface area contributed by atoms with Crippen LogP contribution in [0.4, 0.5) is 0 Å². The molecule has 2 heterocycles. The predicted molar refractivity (Wildman–Crippen MR) is 87.2 cm³/mol. The number of fused-ring (bicyclic) bond motifs is 1. The fraction of sp³-hybridized carbons (Fsp3) is 0.412. The van der Waals surface area contributed by atoms with E-state index in [0.29, 0.717) is 11.9 Å². The summed E-state index contributed by atoms with van der Waals surface area (Å²) >= 11 is 0. The third-order valence-corrected chi connectivity index (χ3v) is 4.27. The summed E-state index contributed by atoms with van der Waals surface area (Å²) in [5, 5.41) is 3.86. The molecule has 5 nitrogen and oxygen atoms in total. The number of benzene rings is 1. The van der Waals surface area contributed by atoms with Gasteiger partial charge >= 0.3 is 0 Å². The second-order valence-corrected chi connectivity index (χ2v) is 6.01. The van der Waals surface area contributed by atoms with Crippen LogP contribution in [0.1, 0.15) is 43.7 Å². The van der Waals surface area contributed by atoms with Crippen LogP contribution in [-0.4, -0.2) is 30.1 Å². The van der Waals surface area contributed by atoms with E-state index < -0.39 is 6.10 Å². The van der Waals surface area contributed by atoms with E-state index in [-0.39, 0.29) is 11.8 Å². The van der Waals surface area contributed by atoms with Crippen molar-refractivity contribution in [2.75, 3.05) is 7.05 Å². The van der Waals surface area contributed by atoms with Crippen molar-refractivity contribution in [3.63, 3.8) is 0 Å². The van der Waals surface area contributed by atoms with Crippen LogP contribution in [0.3, 0.4) is 0 Å². The van der Waals surface area contributed by atoms with Crippen molar-refractivity contribution >= 4 is 22.8 Å². The number of carbonyl (C=O) groups is 1. The summed E-state index contributed by atoms with van der Waals surface area (Å²) in [5.74, 6) is 0.217. The second kappa shape index (κ2) is 5.48. The first kappa shape index (κ1) is 14.6. The topological polar surface area (TPSA) is 66.5 Å². The van der Waals surface area contributed by atoms with Crippen molar-refractivity contribution in [1.82, 2.24) is 10.3 Å². The maximum Gasteiger partial charge on any atom is 0.292 e. The lowest BCUT2D eigenvalue weighted by Crippen LogP contribution is -2.28. The third kappa shape index (κ3) is 2.26. The Kier molecular flexibility index (Phi) is 3.64. The molecule has 5 heteroatoms. The number of carbonyl (C=O) groups excluding carboxylic acids is 1. The number of rotatable bonds is 3. The molecule has 3 rings (SSSR count). The fourth-order valence-corrected chi connectivity index (χ4v) is 3.06. The van der Waals surface area contributed by atoms with E-state index in [9.17, 15) is 4.79 Å². The zero-order valence-corrected chi connectivity index (χ0v) is 13.3. The van der Waals surface area contributed by atoms with Gasteiger partial charge in [-0.05, 0) is 23.1 Å². The number of H-pyrrole nitrogens is 1. The number of nitrogens with one attached hydrogen (secondary N) is 2. The summed E-state index contributed by atoms with van der Waals surface area (Å²) in [6, 6.07) is 6.56. The van der Waals surface area contributed by atoms with E-state index in [4.69, 9.17) is 4.74 Å². The molecular weight excluding hydrogens is 278 g/mol. The molecule has 2 unspecified atom stereocenters. The van der Waals surface area contributed by atoms with Crippen molar-refractivity contribution in [1.29, 1.82) is 0 Å². The summed E-state index contributed by atoms with van der Waals surface area (Å²) in [4.78, 5) is 19.3. The lowest BCUT2D eigenvalue weighted by molar-refractivity contribution is -0.124. The summed E-state index contributed by atoms with van der Waals surface area (Å²) in [7, 11) is 1.60. The number of hydrogen-bond donors (Lipinski definition) is 2. The number of amidine groups is 1. The summed E-state index contributed by atoms with van der Waals surface area (Å²) < 4.78 is 5.63. The Labute approximate surface area is 129 Å². The van der Waals surface area contributed by atoms with Crippen LogP contribution in [0, 0.1) is 0 Å². The maximum atomic E-state index is 12.1. The highest BCUT2D eigenvalue weighted by Crippen LogP contribution is 2.35. The normalized spacial score (nSPS) is 21.4. The van der Waals surface area contributed by atoms with Crippen LogP contribution in [0.25, 0.3) is 10.9 Å². The van der Waals surface area contributed by atoms with E-state index in [1.54, 1.807) is 7.05 Å². The van der Waals surface area contributed by atoms with Gasteiger partial charge in [0, 0.05) is 30.1 Å². The van der Waals surface area contributed by atoms with Crippen molar-refractivity contribution in [2.45, 2.75) is 38.7 Å². The minimum Gasteiger partial charge on any atom is -0.451 e. The van der Waals surface area contributed by atoms with Gasteiger partial charge in [0.05, 0.1) is 0 Å². The van der Waals surface area contributed by atoms with Crippen LogP contribution in [-0.2, 0) is 9.53 Å². The molecule has 0 spiro atoms. The van der Waals surface area contributed by atoms with Crippen LogP contribution < -0.4 is 5.32 Å². The highest BCUT2D eigenvalue weighted by molar-refractivity contribution is 6.03. The molecule has 0 saturated carbocycles. The maximum absolute atomic E-state index is 12.1. The van der Waals surface area contributed by atoms with Crippen molar-refractivity contribution in [3.05, 3.63) is 35.5 Å². The Morgan fingerprint density at radius 2 is 2.00 bits per heavy atom. The molecule has 1 aliphatic heterocycles. The van der Waals surface area contributed by atoms with E-state index in [0.717, 1.165) is 11.1 Å². The fourth-order valence-electron chi connectivity index (χ4n) is 3.06. The Balaban J connectivity index is 2.05. The molecule has 0 bridgehead atoms. The average molecular weight is 299 g/mol. The van der Waals surface area contributed by atoms with Gasteiger partial charge in [0.1, 0.15) is 0 Å². The van der Waals surface area contributed by atoms with Crippen LogP contribution in [0.2, 0.25) is 0 Å². The Hall–Kier alpha value is -2.30. The molecule has 1 aromatic carbocycles. The molecule has 1 aliphatic rings. The lowest BCUT2D eigenvalue weighted by Gasteiger charge is -2.17. The largest absolute Gasteiger partial charge is 0.451 e. The molecule has 1 saturated heterocycles. The number of ether oxygens (including phenoxy) is 1. The monoisotopic (exact) mass is 299 g/mol. The Bertz CT molecular complexity index is 745. The van der Waals surface area contributed by atoms with Gasteiger partial charge in [-0.1, -0.05) is 32.9 Å². The molecule has 0 radical (unpaired) electrons. The van der Waals surface area contributed by atoms with Gasteiger partial charge in [-0.15, -0.1) is 0 Å². The van der Waals surface area contributed by atoms with E-state index in [1.807, 2.05) is 13.1 Å². The van der Waals surface area contributed by atoms with Gasteiger partial charge in [0.15, 0.2) is 6.10 Å². The lowest BCUT2D eigenvalue weighted by atomic mass is 9.89. The SMILES string of the molecule is CN=C1NC(=O)C(C(C)c2c[nH]c3cccc(C(C)C)c23)O1. The first-order chi connectivity index (χ1) is 10.5. The zero-order valence-electron chi connectivity index (χ0n) is 13.3. The van der Waals surface area contributed by atoms with Crippen molar-refractivity contribution in [2.24, 2.45) is 4.99 Å². The molecule has 2 N–H and O–H groups in total. The molecule has 1 fully saturated rings. The van der Waals surface area contributed by atoms with Crippen LogP contribution in [0.5, 0.6) is 0 Å². The van der Waals surface area contributed by atoms with Gasteiger partial charge in [0.2, 0.25) is 0 Å². The van der Waals surface area contributed by atoms with Crippen molar-refractivity contribution in [3.8, 4) is 0 Å². The molecule has 1 aromatic heterocycles. The molecular formula is C17H21N3O2. The van der Waals surface area contributed by atoms with Crippen LogP contribution in [0.15, 0.2) is 29.4 Å². The number of aromatic nitrogens is 1.